The van der Waals surface area contributed by atoms with Crippen molar-refractivity contribution in [3.63, 3.8) is 0 Å². The van der Waals surface area contributed by atoms with Gasteiger partial charge in [0.05, 0.1) is 12.1 Å². The molecule has 36 heavy (non-hydrogen) atoms. The number of carbonyl (C=O) groups is 1. The maximum absolute atomic E-state index is 13.7. The van der Waals surface area contributed by atoms with E-state index in [-0.39, 0.29) is 48.0 Å². The van der Waals surface area contributed by atoms with E-state index < -0.39 is 0 Å². The van der Waals surface area contributed by atoms with Gasteiger partial charge < -0.3 is 15.0 Å². The average Bonchev–Trinajstić information content (AvgIpc) is 3.56. The van der Waals surface area contributed by atoms with Gasteiger partial charge in [0.15, 0.2) is 0 Å². The van der Waals surface area contributed by atoms with Crippen LogP contribution in [0.2, 0.25) is 0 Å². The first-order valence-electron chi connectivity index (χ1n) is 13.8. The van der Waals surface area contributed by atoms with Gasteiger partial charge in [-0.2, -0.15) is 0 Å². The van der Waals surface area contributed by atoms with Crippen LogP contribution in [-0.2, 0) is 24.2 Å². The van der Waals surface area contributed by atoms with E-state index in [2.05, 4.69) is 53.5 Å². The molecule has 4 aliphatic rings. The summed E-state index contributed by atoms with van der Waals surface area (Å²) in [5.41, 5.74) is 5.72. The number of aromatic nitrogens is 1. The number of aliphatic hydroxyl groups excluding tert-OH is 1. The summed E-state index contributed by atoms with van der Waals surface area (Å²) in [5, 5.41) is 13.9. The average molecular weight is 488 g/mol. The van der Waals surface area contributed by atoms with Gasteiger partial charge in [-0.1, -0.05) is 37.3 Å². The molecule has 0 bridgehead atoms. The summed E-state index contributed by atoms with van der Waals surface area (Å²) in [6.07, 6.45) is 9.20. The second-order valence-corrected chi connectivity index (χ2v) is 11.1. The number of carbonyl (C=O) groups excluding carboxylic acids is 1. The normalized spacial score (nSPS) is 27.4. The molecule has 6 heteroatoms. The first kappa shape index (κ1) is 23.7. The molecule has 1 fully saturated rings. The third-order valence-electron chi connectivity index (χ3n) is 8.98. The van der Waals surface area contributed by atoms with Crippen molar-refractivity contribution in [2.45, 2.75) is 76.5 Å². The number of amides is 1. The molecule has 4 atom stereocenters. The van der Waals surface area contributed by atoms with Gasteiger partial charge >= 0.3 is 0 Å². The van der Waals surface area contributed by atoms with E-state index in [0.29, 0.717) is 6.54 Å². The quantitative estimate of drug-likeness (QED) is 0.655. The molecule has 0 radical (unpaired) electrons. The zero-order valence-electron chi connectivity index (χ0n) is 21.2. The SMILES string of the molecule is CCCN1[C@@H]2c3ccc(C4=CCCCC4)c(=O)n3C[C@@H]2[C@@H](CO)[C@@H]1C(=O)NC1Cc2ccccc2C1. The maximum atomic E-state index is 13.7. The number of nitrogens with zero attached hydrogens (tertiary/aromatic N) is 2. The van der Waals surface area contributed by atoms with Crippen molar-refractivity contribution in [3.8, 4) is 0 Å². The number of fused-ring (bicyclic) bond motifs is 4. The topological polar surface area (TPSA) is 74.6 Å². The van der Waals surface area contributed by atoms with Crippen LogP contribution >= 0.6 is 0 Å². The number of rotatable bonds is 6. The molecular formula is C30H37N3O3. The van der Waals surface area contributed by atoms with Crippen molar-refractivity contribution in [1.82, 2.24) is 14.8 Å². The fourth-order valence-electron chi connectivity index (χ4n) is 7.40. The molecule has 0 unspecified atom stereocenters. The Morgan fingerprint density at radius 1 is 1.11 bits per heavy atom. The summed E-state index contributed by atoms with van der Waals surface area (Å²) in [5.74, 6) is -0.115. The highest BCUT2D eigenvalue weighted by atomic mass is 16.3. The van der Waals surface area contributed by atoms with Crippen LogP contribution in [0.25, 0.3) is 5.57 Å². The third kappa shape index (κ3) is 3.86. The van der Waals surface area contributed by atoms with Crippen molar-refractivity contribution >= 4 is 11.5 Å². The lowest BCUT2D eigenvalue weighted by Gasteiger charge is -2.31. The minimum Gasteiger partial charge on any atom is -0.396 e. The van der Waals surface area contributed by atoms with Gasteiger partial charge in [0.25, 0.3) is 5.56 Å². The Hall–Kier alpha value is -2.70. The number of nitrogens with one attached hydrogen (secondary N) is 1. The van der Waals surface area contributed by atoms with E-state index in [1.54, 1.807) is 0 Å². The van der Waals surface area contributed by atoms with E-state index in [9.17, 15) is 14.7 Å². The molecule has 1 aromatic carbocycles. The zero-order valence-corrected chi connectivity index (χ0v) is 21.2. The highest BCUT2D eigenvalue weighted by Gasteiger charge is 2.55. The molecule has 3 heterocycles. The van der Waals surface area contributed by atoms with Crippen LogP contribution in [-0.4, -0.2) is 45.7 Å². The summed E-state index contributed by atoms with van der Waals surface area (Å²) in [7, 11) is 0. The molecule has 2 aromatic rings. The number of aliphatic hydroxyl groups is 1. The molecule has 1 aromatic heterocycles. The minimum atomic E-state index is -0.377. The maximum Gasteiger partial charge on any atom is 0.258 e. The molecule has 6 rings (SSSR count). The van der Waals surface area contributed by atoms with Crippen molar-refractivity contribution in [1.29, 1.82) is 0 Å². The van der Waals surface area contributed by atoms with Crippen molar-refractivity contribution in [2.24, 2.45) is 11.8 Å². The lowest BCUT2D eigenvalue weighted by atomic mass is 9.88. The summed E-state index contributed by atoms with van der Waals surface area (Å²) < 4.78 is 1.94. The van der Waals surface area contributed by atoms with Gasteiger partial charge in [-0.25, -0.2) is 0 Å². The Balaban J connectivity index is 1.28. The molecule has 2 aliphatic heterocycles. The fourth-order valence-corrected chi connectivity index (χ4v) is 7.40. The van der Waals surface area contributed by atoms with Crippen molar-refractivity contribution in [2.75, 3.05) is 13.2 Å². The third-order valence-corrected chi connectivity index (χ3v) is 8.98. The first-order valence-corrected chi connectivity index (χ1v) is 13.8. The monoisotopic (exact) mass is 487 g/mol. The predicted molar refractivity (Wildman–Crippen MR) is 141 cm³/mol. The van der Waals surface area contributed by atoms with Gasteiger partial charge in [-0.15, -0.1) is 0 Å². The van der Waals surface area contributed by atoms with Gasteiger partial charge in [0.1, 0.15) is 0 Å². The smallest absolute Gasteiger partial charge is 0.258 e. The highest BCUT2D eigenvalue weighted by Crippen LogP contribution is 2.49. The van der Waals surface area contributed by atoms with Crippen LogP contribution in [0.15, 0.2) is 47.3 Å². The summed E-state index contributed by atoms with van der Waals surface area (Å²) in [4.78, 5) is 29.6. The second-order valence-electron chi connectivity index (χ2n) is 11.1. The number of allylic oxidation sites excluding steroid dienone is 2. The molecule has 2 aliphatic carbocycles. The Morgan fingerprint density at radius 2 is 1.89 bits per heavy atom. The van der Waals surface area contributed by atoms with E-state index in [0.717, 1.165) is 56.3 Å². The summed E-state index contributed by atoms with van der Waals surface area (Å²) in [6, 6.07) is 12.2. The molecule has 1 saturated heterocycles. The van der Waals surface area contributed by atoms with E-state index in [1.165, 1.54) is 23.1 Å². The molecular weight excluding hydrogens is 450 g/mol. The molecule has 1 amide bonds. The van der Waals surface area contributed by atoms with Gasteiger partial charge in [0.2, 0.25) is 5.91 Å². The number of pyridine rings is 1. The molecule has 0 saturated carbocycles. The first-order chi connectivity index (χ1) is 17.6. The zero-order chi connectivity index (χ0) is 24.8. The van der Waals surface area contributed by atoms with Gasteiger partial charge in [0, 0.05) is 42.3 Å². The second kappa shape index (κ2) is 9.64. The number of hydrogen-bond acceptors (Lipinski definition) is 4. The van der Waals surface area contributed by atoms with Crippen LogP contribution in [0.5, 0.6) is 0 Å². The molecule has 0 spiro atoms. The van der Waals surface area contributed by atoms with Crippen LogP contribution in [0.1, 0.15) is 67.5 Å². The Labute approximate surface area is 213 Å². The number of hydrogen-bond donors (Lipinski definition) is 2. The number of likely N-dealkylation sites (tertiary alicyclic amines) is 1. The van der Waals surface area contributed by atoms with E-state index >= 15 is 0 Å². The fraction of sp³-hybridized carbons (Fsp3) is 0.533. The summed E-state index contributed by atoms with van der Waals surface area (Å²) >= 11 is 0. The van der Waals surface area contributed by atoms with Crippen LogP contribution in [0, 0.1) is 11.8 Å². The summed E-state index contributed by atoms with van der Waals surface area (Å²) in [6.45, 7) is 3.42. The Morgan fingerprint density at radius 3 is 2.56 bits per heavy atom. The van der Waals surface area contributed by atoms with E-state index in [4.69, 9.17) is 0 Å². The van der Waals surface area contributed by atoms with Crippen molar-refractivity contribution in [3.05, 3.63) is 75.2 Å². The molecule has 6 nitrogen and oxygen atoms in total. The van der Waals surface area contributed by atoms with Crippen LogP contribution in [0.4, 0.5) is 0 Å². The Kier molecular flexibility index (Phi) is 6.34. The molecule has 2 N–H and O–H groups in total. The van der Waals surface area contributed by atoms with E-state index in [1.807, 2.05) is 10.6 Å². The predicted octanol–water partition coefficient (Wildman–Crippen LogP) is 3.46. The minimum absolute atomic E-state index is 0.0132. The lowest BCUT2D eigenvalue weighted by molar-refractivity contribution is -0.128. The highest BCUT2D eigenvalue weighted by molar-refractivity contribution is 5.83. The van der Waals surface area contributed by atoms with Crippen LogP contribution < -0.4 is 10.9 Å². The number of benzene rings is 1. The van der Waals surface area contributed by atoms with Crippen LogP contribution in [0.3, 0.4) is 0 Å². The standard InChI is InChI=1S/C30H37N3O3/c1-2-14-32-27-24(17-33-26(27)13-12-23(30(33)36)19-8-4-3-5-9-19)25(18-34)28(32)29(35)31-22-15-20-10-6-7-11-21(20)16-22/h6-8,10-13,22,24-25,27-28,34H,2-5,9,14-18H2,1H3,(H,31,35)/t24-,25-,27+,28-/m1/s1. The van der Waals surface area contributed by atoms with Gasteiger partial charge in [-0.3, -0.25) is 14.5 Å². The molecule has 190 valence electrons. The van der Waals surface area contributed by atoms with Gasteiger partial charge in [-0.05, 0) is 80.3 Å². The lowest BCUT2D eigenvalue weighted by Crippen LogP contribution is -2.51. The Bertz CT molecular complexity index is 1220. The van der Waals surface area contributed by atoms with Crippen molar-refractivity contribution < 1.29 is 9.90 Å². The largest absolute Gasteiger partial charge is 0.396 e.